The number of aromatic nitrogens is 1. The summed E-state index contributed by atoms with van der Waals surface area (Å²) in [6.45, 7) is 3.84. The van der Waals surface area contributed by atoms with E-state index in [0.29, 0.717) is 0 Å². The molecule has 1 aromatic heterocycles. The molecule has 0 radical (unpaired) electrons. The number of hydrogen-bond donors (Lipinski definition) is 2. The number of nitrogens with two attached hydrogens (primary N) is 1. The molecule has 3 N–H and O–H groups in total. The minimum atomic E-state index is -0.241. The van der Waals surface area contributed by atoms with Crippen LogP contribution in [0.15, 0.2) is 36.7 Å². The van der Waals surface area contributed by atoms with Gasteiger partial charge in [0.25, 0.3) is 0 Å². The SMILES string of the molecule is Cc1cncc(C(NN)c2ccc(F)cc2C)c1. The Bertz CT molecular complexity index is 554. The number of benzene rings is 1. The summed E-state index contributed by atoms with van der Waals surface area (Å²) in [5.74, 6) is 5.38. The van der Waals surface area contributed by atoms with Gasteiger partial charge in [-0.15, -0.1) is 0 Å². The van der Waals surface area contributed by atoms with Crippen molar-refractivity contribution in [1.29, 1.82) is 0 Å². The Morgan fingerprint density at radius 3 is 2.61 bits per heavy atom. The molecule has 1 atom stereocenters. The van der Waals surface area contributed by atoms with E-state index in [9.17, 15) is 4.39 Å². The number of pyridine rings is 1. The Kier molecular flexibility index (Phi) is 3.69. The van der Waals surface area contributed by atoms with Crippen molar-refractivity contribution < 1.29 is 4.39 Å². The number of nitrogens with zero attached hydrogens (tertiary/aromatic N) is 1. The Labute approximate surface area is 106 Å². The van der Waals surface area contributed by atoms with Gasteiger partial charge in [0, 0.05) is 12.4 Å². The lowest BCUT2D eigenvalue weighted by Gasteiger charge is -2.19. The second kappa shape index (κ2) is 5.25. The summed E-state index contributed by atoms with van der Waals surface area (Å²) in [7, 11) is 0. The summed E-state index contributed by atoms with van der Waals surface area (Å²) in [6, 6.07) is 6.52. The largest absolute Gasteiger partial charge is 0.271 e. The van der Waals surface area contributed by atoms with Gasteiger partial charge >= 0.3 is 0 Å². The molecule has 0 bridgehead atoms. The molecule has 0 saturated heterocycles. The first-order valence-electron chi connectivity index (χ1n) is 5.75. The predicted octanol–water partition coefficient (Wildman–Crippen LogP) is 2.39. The van der Waals surface area contributed by atoms with Crippen molar-refractivity contribution >= 4 is 0 Å². The molecule has 0 saturated carbocycles. The lowest BCUT2D eigenvalue weighted by atomic mass is 9.96. The zero-order valence-corrected chi connectivity index (χ0v) is 10.4. The van der Waals surface area contributed by atoms with Crippen molar-refractivity contribution in [3.63, 3.8) is 0 Å². The van der Waals surface area contributed by atoms with Crippen LogP contribution in [0.1, 0.15) is 28.3 Å². The number of hydrogen-bond acceptors (Lipinski definition) is 3. The smallest absolute Gasteiger partial charge is 0.123 e. The summed E-state index contributed by atoms with van der Waals surface area (Å²) in [5.41, 5.74) is 6.60. The van der Waals surface area contributed by atoms with Gasteiger partial charge in [-0.25, -0.2) is 9.82 Å². The van der Waals surface area contributed by atoms with Gasteiger partial charge in [-0.3, -0.25) is 10.8 Å². The number of rotatable bonds is 3. The molecule has 0 amide bonds. The first kappa shape index (κ1) is 12.7. The van der Waals surface area contributed by atoms with Gasteiger partial charge in [0.2, 0.25) is 0 Å². The van der Waals surface area contributed by atoms with Crippen LogP contribution in [0, 0.1) is 19.7 Å². The second-order valence-corrected chi connectivity index (χ2v) is 4.40. The summed E-state index contributed by atoms with van der Waals surface area (Å²) < 4.78 is 13.1. The highest BCUT2D eigenvalue weighted by molar-refractivity contribution is 5.36. The molecule has 2 aromatic rings. The van der Waals surface area contributed by atoms with Crippen molar-refractivity contribution in [2.75, 3.05) is 0 Å². The maximum Gasteiger partial charge on any atom is 0.123 e. The first-order valence-corrected chi connectivity index (χ1v) is 5.75. The normalized spacial score (nSPS) is 12.4. The molecule has 4 heteroatoms. The first-order chi connectivity index (χ1) is 8.61. The number of nitrogens with one attached hydrogen (secondary N) is 1. The zero-order chi connectivity index (χ0) is 13.1. The minimum Gasteiger partial charge on any atom is -0.271 e. The molecule has 2 rings (SSSR count). The Morgan fingerprint density at radius 2 is 2.00 bits per heavy atom. The number of hydrazine groups is 1. The minimum absolute atomic E-state index is 0.182. The van der Waals surface area contributed by atoms with E-state index in [0.717, 1.165) is 22.3 Å². The summed E-state index contributed by atoms with van der Waals surface area (Å²) >= 11 is 0. The molecule has 18 heavy (non-hydrogen) atoms. The summed E-state index contributed by atoms with van der Waals surface area (Å²) in [5, 5.41) is 0. The third-order valence-corrected chi connectivity index (χ3v) is 2.94. The molecule has 0 aliphatic rings. The van der Waals surface area contributed by atoms with Crippen molar-refractivity contribution in [3.05, 3.63) is 64.7 Å². The van der Waals surface area contributed by atoms with Crippen LogP contribution < -0.4 is 11.3 Å². The highest BCUT2D eigenvalue weighted by Gasteiger charge is 2.15. The monoisotopic (exact) mass is 245 g/mol. The topological polar surface area (TPSA) is 50.9 Å². The molecule has 1 aromatic carbocycles. The fourth-order valence-corrected chi connectivity index (χ4v) is 2.06. The second-order valence-electron chi connectivity index (χ2n) is 4.40. The molecule has 0 aliphatic heterocycles. The molecule has 0 fully saturated rings. The average molecular weight is 245 g/mol. The quantitative estimate of drug-likeness (QED) is 0.645. The van der Waals surface area contributed by atoms with Crippen LogP contribution in [-0.4, -0.2) is 4.98 Å². The Hall–Kier alpha value is -1.78. The molecule has 1 unspecified atom stereocenters. The van der Waals surface area contributed by atoms with Gasteiger partial charge in [0.1, 0.15) is 5.82 Å². The fraction of sp³-hybridized carbons (Fsp3) is 0.214. The molecular weight excluding hydrogens is 229 g/mol. The van der Waals surface area contributed by atoms with Crippen LogP contribution in [0.3, 0.4) is 0 Å². The fourth-order valence-electron chi connectivity index (χ4n) is 2.06. The van der Waals surface area contributed by atoms with Crippen LogP contribution in [0.5, 0.6) is 0 Å². The molecule has 1 heterocycles. The van der Waals surface area contributed by atoms with E-state index in [1.54, 1.807) is 18.5 Å². The van der Waals surface area contributed by atoms with Crippen molar-refractivity contribution in [1.82, 2.24) is 10.4 Å². The lowest BCUT2D eigenvalue weighted by Crippen LogP contribution is -2.29. The van der Waals surface area contributed by atoms with E-state index in [-0.39, 0.29) is 11.9 Å². The standard InChI is InChI=1S/C14H16FN3/c1-9-5-11(8-17-7-9)14(18-16)13-4-3-12(15)6-10(13)2/h3-8,14,18H,16H2,1-2H3. The third kappa shape index (κ3) is 2.55. The van der Waals surface area contributed by atoms with Crippen LogP contribution >= 0.6 is 0 Å². The van der Waals surface area contributed by atoms with Crippen LogP contribution in [0.25, 0.3) is 0 Å². The number of halogens is 1. The highest BCUT2D eigenvalue weighted by Crippen LogP contribution is 2.24. The van der Waals surface area contributed by atoms with E-state index < -0.39 is 0 Å². The molecule has 3 nitrogen and oxygen atoms in total. The van der Waals surface area contributed by atoms with E-state index in [1.165, 1.54) is 12.1 Å². The predicted molar refractivity (Wildman–Crippen MR) is 69.3 cm³/mol. The zero-order valence-electron chi connectivity index (χ0n) is 10.4. The van der Waals surface area contributed by atoms with Gasteiger partial charge in [-0.1, -0.05) is 12.1 Å². The van der Waals surface area contributed by atoms with E-state index in [4.69, 9.17) is 5.84 Å². The van der Waals surface area contributed by atoms with E-state index in [1.807, 2.05) is 19.9 Å². The Morgan fingerprint density at radius 1 is 1.22 bits per heavy atom. The van der Waals surface area contributed by atoms with Gasteiger partial charge in [-0.05, 0) is 48.2 Å². The van der Waals surface area contributed by atoms with Crippen LogP contribution in [0.2, 0.25) is 0 Å². The molecule has 0 aliphatic carbocycles. The van der Waals surface area contributed by atoms with E-state index >= 15 is 0 Å². The van der Waals surface area contributed by atoms with Gasteiger partial charge in [0.05, 0.1) is 6.04 Å². The van der Waals surface area contributed by atoms with E-state index in [2.05, 4.69) is 10.4 Å². The highest BCUT2D eigenvalue weighted by atomic mass is 19.1. The maximum absolute atomic E-state index is 13.1. The van der Waals surface area contributed by atoms with Gasteiger partial charge in [-0.2, -0.15) is 0 Å². The van der Waals surface area contributed by atoms with Crippen LogP contribution in [-0.2, 0) is 0 Å². The van der Waals surface area contributed by atoms with Crippen molar-refractivity contribution in [2.24, 2.45) is 5.84 Å². The van der Waals surface area contributed by atoms with Crippen molar-refractivity contribution in [2.45, 2.75) is 19.9 Å². The van der Waals surface area contributed by atoms with Gasteiger partial charge in [0.15, 0.2) is 0 Å². The third-order valence-electron chi connectivity index (χ3n) is 2.94. The number of aryl methyl sites for hydroxylation is 2. The Balaban J connectivity index is 2.45. The van der Waals surface area contributed by atoms with Crippen LogP contribution in [0.4, 0.5) is 4.39 Å². The van der Waals surface area contributed by atoms with Crippen molar-refractivity contribution in [3.8, 4) is 0 Å². The lowest BCUT2D eigenvalue weighted by molar-refractivity contribution is 0.611. The maximum atomic E-state index is 13.1. The van der Waals surface area contributed by atoms with Gasteiger partial charge < -0.3 is 0 Å². The molecular formula is C14H16FN3. The summed E-state index contributed by atoms with van der Waals surface area (Å²) in [6.07, 6.45) is 3.55. The molecule has 94 valence electrons. The average Bonchev–Trinajstić information content (AvgIpc) is 2.33. The molecule has 0 spiro atoms. The summed E-state index contributed by atoms with van der Waals surface area (Å²) in [4.78, 5) is 4.16.